The van der Waals surface area contributed by atoms with E-state index in [1.165, 1.54) is 0 Å². The number of hydrogen-bond donors (Lipinski definition) is 1. The largest absolute Gasteiger partial charge is 0.351 e. The summed E-state index contributed by atoms with van der Waals surface area (Å²) in [5.74, 6) is -0.0142. The first-order chi connectivity index (χ1) is 11.2. The Morgan fingerprint density at radius 3 is 2.78 bits per heavy atom. The van der Waals surface area contributed by atoms with Gasteiger partial charge in [-0.1, -0.05) is 37.3 Å². The molecule has 0 saturated heterocycles. The van der Waals surface area contributed by atoms with Crippen molar-refractivity contribution in [1.29, 1.82) is 0 Å². The van der Waals surface area contributed by atoms with E-state index < -0.39 is 0 Å². The lowest BCUT2D eigenvalue weighted by atomic mass is 10.2. The van der Waals surface area contributed by atoms with Crippen LogP contribution in [0.2, 0.25) is 0 Å². The molecule has 1 aromatic heterocycles. The summed E-state index contributed by atoms with van der Waals surface area (Å²) in [5.41, 5.74) is 1.39. The van der Waals surface area contributed by atoms with Crippen LogP contribution in [-0.4, -0.2) is 39.4 Å². The summed E-state index contributed by atoms with van der Waals surface area (Å²) >= 11 is 0. The number of fused-ring (bicyclic) bond motifs is 1. The van der Waals surface area contributed by atoms with Gasteiger partial charge in [0.2, 0.25) is 0 Å². The summed E-state index contributed by atoms with van der Waals surface area (Å²) in [6.45, 7) is 4.43. The summed E-state index contributed by atoms with van der Waals surface area (Å²) < 4.78 is 1.77. The number of nitrogens with one attached hydrogen (secondary N) is 1. The summed E-state index contributed by atoms with van der Waals surface area (Å²) in [4.78, 5) is 30.6. The van der Waals surface area contributed by atoms with Gasteiger partial charge in [0.1, 0.15) is 5.69 Å². The molecule has 120 valence electrons. The Bertz CT molecular complexity index is 709. The van der Waals surface area contributed by atoms with Gasteiger partial charge in [-0.25, -0.2) is 4.98 Å². The van der Waals surface area contributed by atoms with E-state index in [2.05, 4.69) is 10.3 Å². The first-order valence-electron chi connectivity index (χ1n) is 7.87. The average molecular weight is 312 g/mol. The van der Waals surface area contributed by atoms with Crippen molar-refractivity contribution in [3.8, 4) is 0 Å². The van der Waals surface area contributed by atoms with E-state index in [1.807, 2.05) is 37.3 Å². The lowest BCUT2D eigenvalue weighted by Crippen LogP contribution is -2.39. The number of carbonyl (C=O) groups excluding carboxylic acids is 2. The Hall–Kier alpha value is -2.63. The highest BCUT2D eigenvalue weighted by Gasteiger charge is 2.28. The number of aromatic nitrogens is 2. The Labute approximate surface area is 135 Å². The lowest BCUT2D eigenvalue weighted by Gasteiger charge is -2.27. The zero-order valence-corrected chi connectivity index (χ0v) is 13.2. The SMILES string of the molecule is CCCNC(=O)c1cn2c(n1)C(=O)N(Cc1ccccc1)CC2. The molecule has 0 aliphatic carbocycles. The maximum absolute atomic E-state index is 12.6. The van der Waals surface area contributed by atoms with Crippen LogP contribution in [0.3, 0.4) is 0 Å². The molecule has 2 heterocycles. The minimum atomic E-state index is -0.226. The molecule has 0 atom stereocenters. The van der Waals surface area contributed by atoms with Crippen LogP contribution in [0.25, 0.3) is 0 Å². The fourth-order valence-corrected chi connectivity index (χ4v) is 2.62. The molecule has 0 bridgehead atoms. The molecule has 0 saturated carbocycles. The van der Waals surface area contributed by atoms with Gasteiger partial charge in [-0.05, 0) is 12.0 Å². The van der Waals surface area contributed by atoms with Crippen molar-refractivity contribution < 1.29 is 9.59 Å². The summed E-state index contributed by atoms with van der Waals surface area (Å²) in [6, 6.07) is 9.87. The van der Waals surface area contributed by atoms with Gasteiger partial charge in [0.25, 0.3) is 11.8 Å². The van der Waals surface area contributed by atoms with Gasteiger partial charge in [-0.2, -0.15) is 0 Å². The van der Waals surface area contributed by atoms with Crippen LogP contribution in [0.15, 0.2) is 36.5 Å². The molecule has 6 heteroatoms. The van der Waals surface area contributed by atoms with Crippen LogP contribution in [0.1, 0.15) is 40.0 Å². The normalized spacial score (nSPS) is 13.8. The second kappa shape index (κ2) is 6.64. The highest BCUT2D eigenvalue weighted by atomic mass is 16.2. The van der Waals surface area contributed by atoms with E-state index in [0.29, 0.717) is 37.7 Å². The minimum Gasteiger partial charge on any atom is -0.351 e. The van der Waals surface area contributed by atoms with Gasteiger partial charge in [0, 0.05) is 32.4 Å². The Balaban J connectivity index is 1.75. The van der Waals surface area contributed by atoms with E-state index >= 15 is 0 Å². The standard InChI is InChI=1S/C17H20N4O2/c1-2-8-18-16(22)14-12-20-9-10-21(17(23)15(20)19-14)11-13-6-4-3-5-7-13/h3-7,12H,2,8-11H2,1H3,(H,18,22). The first-order valence-corrected chi connectivity index (χ1v) is 7.87. The van der Waals surface area contributed by atoms with Crippen LogP contribution >= 0.6 is 0 Å². The Morgan fingerprint density at radius 1 is 1.26 bits per heavy atom. The zero-order valence-electron chi connectivity index (χ0n) is 13.2. The molecule has 2 amide bonds. The quantitative estimate of drug-likeness (QED) is 0.913. The lowest BCUT2D eigenvalue weighted by molar-refractivity contribution is 0.0683. The summed E-state index contributed by atoms with van der Waals surface area (Å²) in [5, 5.41) is 2.78. The van der Waals surface area contributed by atoms with Crippen LogP contribution in [0.5, 0.6) is 0 Å². The maximum atomic E-state index is 12.6. The van der Waals surface area contributed by atoms with E-state index in [-0.39, 0.29) is 11.8 Å². The summed E-state index contributed by atoms with van der Waals surface area (Å²) in [7, 11) is 0. The Kier molecular flexibility index (Phi) is 4.41. The third-order valence-corrected chi connectivity index (χ3v) is 3.85. The van der Waals surface area contributed by atoms with Crippen molar-refractivity contribution in [2.45, 2.75) is 26.4 Å². The monoisotopic (exact) mass is 312 g/mol. The zero-order chi connectivity index (χ0) is 16.2. The molecule has 0 unspecified atom stereocenters. The topological polar surface area (TPSA) is 67.2 Å². The molecular formula is C17H20N4O2. The predicted molar refractivity (Wildman–Crippen MR) is 86.0 cm³/mol. The summed E-state index contributed by atoms with van der Waals surface area (Å²) in [6.07, 6.45) is 2.53. The minimum absolute atomic E-state index is 0.130. The van der Waals surface area contributed by atoms with Gasteiger partial charge in [-0.3, -0.25) is 9.59 Å². The van der Waals surface area contributed by atoms with Crippen molar-refractivity contribution in [1.82, 2.24) is 19.8 Å². The molecule has 6 nitrogen and oxygen atoms in total. The molecule has 1 N–H and O–H groups in total. The van der Waals surface area contributed by atoms with Crippen LogP contribution in [-0.2, 0) is 13.1 Å². The molecule has 23 heavy (non-hydrogen) atoms. The van der Waals surface area contributed by atoms with Crippen molar-refractivity contribution in [3.05, 3.63) is 53.6 Å². The molecule has 1 aliphatic rings. The fourth-order valence-electron chi connectivity index (χ4n) is 2.62. The van der Waals surface area contributed by atoms with Crippen molar-refractivity contribution in [2.24, 2.45) is 0 Å². The molecule has 0 spiro atoms. The van der Waals surface area contributed by atoms with Crippen LogP contribution in [0.4, 0.5) is 0 Å². The van der Waals surface area contributed by atoms with Gasteiger partial charge >= 0.3 is 0 Å². The highest BCUT2D eigenvalue weighted by molar-refractivity contribution is 5.96. The van der Waals surface area contributed by atoms with Gasteiger partial charge in [0.05, 0.1) is 0 Å². The number of benzene rings is 1. The predicted octanol–water partition coefficient (Wildman–Crippen LogP) is 1.68. The number of rotatable bonds is 5. The fraction of sp³-hybridized carbons (Fsp3) is 0.353. The highest BCUT2D eigenvalue weighted by Crippen LogP contribution is 2.15. The number of amides is 2. The third kappa shape index (κ3) is 3.26. The Morgan fingerprint density at radius 2 is 2.04 bits per heavy atom. The first kappa shape index (κ1) is 15.3. The smallest absolute Gasteiger partial charge is 0.290 e. The molecule has 3 rings (SSSR count). The molecule has 2 aromatic rings. The molecule has 1 aromatic carbocycles. The van der Waals surface area contributed by atoms with E-state index in [9.17, 15) is 9.59 Å². The van der Waals surface area contributed by atoms with Crippen molar-refractivity contribution in [2.75, 3.05) is 13.1 Å². The van der Waals surface area contributed by atoms with E-state index in [1.54, 1.807) is 15.7 Å². The van der Waals surface area contributed by atoms with E-state index in [0.717, 1.165) is 12.0 Å². The second-order valence-corrected chi connectivity index (χ2v) is 5.61. The number of imidazole rings is 1. The van der Waals surface area contributed by atoms with Gasteiger partial charge < -0.3 is 14.8 Å². The van der Waals surface area contributed by atoms with Crippen LogP contribution in [0, 0.1) is 0 Å². The number of hydrogen-bond acceptors (Lipinski definition) is 3. The maximum Gasteiger partial charge on any atom is 0.290 e. The third-order valence-electron chi connectivity index (χ3n) is 3.85. The molecule has 0 fully saturated rings. The van der Waals surface area contributed by atoms with Gasteiger partial charge in [0.15, 0.2) is 5.82 Å². The molecule has 1 aliphatic heterocycles. The van der Waals surface area contributed by atoms with Crippen LogP contribution < -0.4 is 5.32 Å². The number of nitrogens with zero attached hydrogens (tertiary/aromatic N) is 3. The van der Waals surface area contributed by atoms with E-state index in [4.69, 9.17) is 0 Å². The molecule has 0 radical (unpaired) electrons. The second-order valence-electron chi connectivity index (χ2n) is 5.61. The van der Waals surface area contributed by atoms with Gasteiger partial charge in [-0.15, -0.1) is 0 Å². The number of carbonyl (C=O) groups is 2. The van der Waals surface area contributed by atoms with Crippen molar-refractivity contribution in [3.63, 3.8) is 0 Å². The van der Waals surface area contributed by atoms with Crippen molar-refractivity contribution >= 4 is 11.8 Å². The molecular weight excluding hydrogens is 292 g/mol. The average Bonchev–Trinajstić information content (AvgIpc) is 3.01.